The smallest absolute Gasteiger partial charge is 0.299 e. The molecule has 0 fully saturated rings. The van der Waals surface area contributed by atoms with Crippen LogP contribution in [0.15, 0.2) is 18.2 Å². The van der Waals surface area contributed by atoms with E-state index in [0.29, 0.717) is 152 Å². The molecule has 0 aliphatic rings. The van der Waals surface area contributed by atoms with Gasteiger partial charge in [0.1, 0.15) is 5.69 Å². The van der Waals surface area contributed by atoms with Gasteiger partial charge in [0.05, 0.1) is 174 Å². The molecule has 0 unspecified atom stereocenters. The molecule has 20 heteroatoms. The van der Waals surface area contributed by atoms with Gasteiger partial charge in [-0.05, 0) is 13.1 Å². The van der Waals surface area contributed by atoms with E-state index in [-0.39, 0.29) is 30.2 Å². The van der Waals surface area contributed by atoms with Crippen LogP contribution >= 0.6 is 0 Å². The van der Waals surface area contributed by atoms with E-state index in [4.69, 9.17) is 56.8 Å². The summed E-state index contributed by atoms with van der Waals surface area (Å²) >= 11 is 0. The largest absolute Gasteiger partial charge is 0.378 e. The molecule has 0 aromatic heterocycles. The van der Waals surface area contributed by atoms with Gasteiger partial charge in [0.2, 0.25) is 0 Å². The zero-order chi connectivity index (χ0) is 38.3. The van der Waals surface area contributed by atoms with Gasteiger partial charge >= 0.3 is 0 Å². The fourth-order valence-electron chi connectivity index (χ4n) is 3.89. The number of benzene rings is 1. The molecule has 0 aliphatic heterocycles. The van der Waals surface area contributed by atoms with Crippen molar-refractivity contribution in [1.82, 2.24) is 5.32 Å². The molecular formula is C33H60N4O16. The third-order valence-electron chi connectivity index (χ3n) is 6.54. The molecule has 2 N–H and O–H groups in total. The molecule has 1 rings (SSSR count). The molecule has 0 saturated carbocycles. The molecule has 0 atom stereocenters. The van der Waals surface area contributed by atoms with E-state index >= 15 is 0 Å². The summed E-state index contributed by atoms with van der Waals surface area (Å²) in [7, 11) is 1.89. The van der Waals surface area contributed by atoms with Gasteiger partial charge in [0.25, 0.3) is 11.4 Å². The lowest BCUT2D eigenvalue weighted by Gasteiger charge is -2.09. The highest BCUT2D eigenvalue weighted by Crippen LogP contribution is 2.28. The number of hydrogen-bond acceptors (Lipinski definition) is 18. The van der Waals surface area contributed by atoms with Crippen LogP contribution in [0.4, 0.5) is 17.1 Å². The Morgan fingerprint density at radius 3 is 0.981 bits per heavy atom. The van der Waals surface area contributed by atoms with E-state index in [0.717, 1.165) is 12.6 Å². The molecule has 53 heavy (non-hydrogen) atoms. The predicted molar refractivity (Wildman–Crippen MR) is 192 cm³/mol. The first-order valence-electron chi connectivity index (χ1n) is 17.8. The molecule has 0 aliphatic carbocycles. The second-order valence-corrected chi connectivity index (χ2v) is 10.6. The number of nitro benzene ring substituents is 2. The summed E-state index contributed by atoms with van der Waals surface area (Å²) in [5, 5.41) is 27.8. The van der Waals surface area contributed by atoms with Crippen molar-refractivity contribution >= 4 is 17.1 Å². The molecule has 0 spiro atoms. The maximum absolute atomic E-state index is 11.1. The average molecular weight is 769 g/mol. The van der Waals surface area contributed by atoms with Gasteiger partial charge in [-0.25, -0.2) is 0 Å². The molecule has 1 aromatic rings. The quantitative estimate of drug-likeness (QED) is 0.0544. The van der Waals surface area contributed by atoms with Crippen molar-refractivity contribution in [3.63, 3.8) is 0 Å². The number of rotatable bonds is 42. The van der Waals surface area contributed by atoms with Crippen LogP contribution in [0.2, 0.25) is 0 Å². The van der Waals surface area contributed by atoms with E-state index in [1.807, 2.05) is 7.05 Å². The lowest BCUT2D eigenvalue weighted by molar-refractivity contribution is -0.393. The molecular weight excluding hydrogens is 708 g/mol. The van der Waals surface area contributed by atoms with Gasteiger partial charge in [-0.3, -0.25) is 20.2 Å². The van der Waals surface area contributed by atoms with Crippen molar-refractivity contribution in [3.05, 3.63) is 38.4 Å². The molecule has 0 heterocycles. The number of likely N-dealkylation sites (N-methyl/N-ethyl adjacent to an activating group) is 1. The number of nitro groups is 2. The Morgan fingerprint density at radius 1 is 0.434 bits per heavy atom. The Hall–Kier alpha value is -2.70. The highest BCUT2D eigenvalue weighted by Gasteiger charge is 2.19. The van der Waals surface area contributed by atoms with Crippen molar-refractivity contribution in [2.24, 2.45) is 0 Å². The van der Waals surface area contributed by atoms with Crippen molar-refractivity contribution < 1.29 is 66.7 Å². The van der Waals surface area contributed by atoms with E-state index in [9.17, 15) is 20.2 Å². The minimum absolute atomic E-state index is 0.185. The summed E-state index contributed by atoms with van der Waals surface area (Å²) < 4.78 is 65.3. The number of non-ortho nitro benzene ring substituents is 1. The number of nitrogens with zero attached hydrogens (tertiary/aromatic N) is 2. The van der Waals surface area contributed by atoms with Crippen LogP contribution in [0.25, 0.3) is 0 Å². The Bertz CT molecular complexity index is 1000. The van der Waals surface area contributed by atoms with E-state index < -0.39 is 9.85 Å². The third kappa shape index (κ3) is 31.4. The Balaban J connectivity index is 1.70. The molecule has 1 aromatic carbocycles. The van der Waals surface area contributed by atoms with Crippen molar-refractivity contribution in [2.45, 2.75) is 0 Å². The number of ether oxygens (including phenoxy) is 12. The topological polar surface area (TPSA) is 221 Å². The van der Waals surface area contributed by atoms with Crippen LogP contribution in [0, 0.1) is 20.2 Å². The highest BCUT2D eigenvalue weighted by molar-refractivity contribution is 5.65. The highest BCUT2D eigenvalue weighted by atomic mass is 16.6. The zero-order valence-corrected chi connectivity index (χ0v) is 31.0. The Labute approximate surface area is 311 Å². The maximum atomic E-state index is 11.1. The van der Waals surface area contributed by atoms with Crippen LogP contribution in [-0.2, 0) is 56.8 Å². The molecule has 0 amide bonds. The first-order chi connectivity index (χ1) is 26.1. The summed E-state index contributed by atoms with van der Waals surface area (Å²) in [6.07, 6.45) is 0. The number of nitrogens with one attached hydrogen (secondary N) is 2. The third-order valence-corrected chi connectivity index (χ3v) is 6.54. The van der Waals surface area contributed by atoms with Gasteiger partial charge in [-0.1, -0.05) is 0 Å². The first kappa shape index (κ1) is 48.3. The van der Waals surface area contributed by atoms with Gasteiger partial charge in [0, 0.05) is 19.2 Å². The van der Waals surface area contributed by atoms with Crippen molar-refractivity contribution in [1.29, 1.82) is 0 Å². The lowest BCUT2D eigenvalue weighted by Crippen LogP contribution is -2.17. The normalized spacial score (nSPS) is 11.3. The minimum Gasteiger partial charge on any atom is -0.378 e. The first-order valence-corrected chi connectivity index (χ1v) is 17.8. The van der Waals surface area contributed by atoms with Crippen molar-refractivity contribution in [3.8, 4) is 0 Å². The number of anilines is 1. The molecule has 0 saturated heterocycles. The molecule has 20 nitrogen and oxygen atoms in total. The molecule has 308 valence electrons. The predicted octanol–water partition coefficient (Wildman–Crippen LogP) is 1.33. The average Bonchev–Trinajstić information content (AvgIpc) is 3.15. The second kappa shape index (κ2) is 37.6. The monoisotopic (exact) mass is 768 g/mol. The molecule has 0 radical (unpaired) electrons. The van der Waals surface area contributed by atoms with E-state index in [1.54, 1.807) is 0 Å². The fraction of sp³-hybridized carbons (Fsp3) is 0.818. The van der Waals surface area contributed by atoms with E-state index in [2.05, 4.69) is 10.6 Å². The van der Waals surface area contributed by atoms with Crippen LogP contribution in [-0.4, -0.2) is 189 Å². The summed E-state index contributed by atoms with van der Waals surface area (Å²) in [6, 6.07) is 3.43. The summed E-state index contributed by atoms with van der Waals surface area (Å²) in [5.41, 5.74) is -0.529. The summed E-state index contributed by atoms with van der Waals surface area (Å²) in [6.45, 7) is 12.5. The Morgan fingerprint density at radius 2 is 0.717 bits per heavy atom. The number of hydrogen-bond donors (Lipinski definition) is 2. The minimum atomic E-state index is -0.681. The van der Waals surface area contributed by atoms with Gasteiger partial charge in [0.15, 0.2) is 0 Å². The van der Waals surface area contributed by atoms with Crippen LogP contribution in [0.1, 0.15) is 0 Å². The SMILES string of the molecule is CNCCOCCOCCOCCOCCOCCOCCOCCOCCOCCOCCOCCOCCNc1ccc([N+](=O)[O-])cc1[N+](=O)[O-]. The second-order valence-electron chi connectivity index (χ2n) is 10.6. The van der Waals surface area contributed by atoms with Crippen LogP contribution in [0.5, 0.6) is 0 Å². The maximum Gasteiger partial charge on any atom is 0.299 e. The molecule has 0 bridgehead atoms. The summed E-state index contributed by atoms with van der Waals surface area (Å²) in [5.74, 6) is 0. The lowest BCUT2D eigenvalue weighted by atomic mass is 10.2. The standard InChI is InChI=1S/C33H60N4O16/c1-34-4-6-42-8-10-44-12-14-46-16-18-48-20-22-50-24-26-52-28-29-53-27-25-51-23-21-49-19-17-47-15-13-45-11-9-43-7-5-35-32-3-2-31(36(38)39)30-33(32)37(40)41/h2-3,30,34-35H,4-29H2,1H3. The van der Waals surface area contributed by atoms with Crippen molar-refractivity contribution in [2.75, 3.05) is 184 Å². The van der Waals surface area contributed by atoms with Crippen LogP contribution in [0.3, 0.4) is 0 Å². The fourth-order valence-corrected chi connectivity index (χ4v) is 3.89. The summed E-state index contributed by atoms with van der Waals surface area (Å²) in [4.78, 5) is 20.6. The van der Waals surface area contributed by atoms with Gasteiger partial charge in [-0.2, -0.15) is 0 Å². The Kier molecular flexibility index (Phi) is 34.3. The van der Waals surface area contributed by atoms with Gasteiger partial charge in [-0.15, -0.1) is 0 Å². The zero-order valence-electron chi connectivity index (χ0n) is 31.0. The van der Waals surface area contributed by atoms with Gasteiger partial charge < -0.3 is 67.5 Å². The van der Waals surface area contributed by atoms with Crippen LogP contribution < -0.4 is 10.6 Å². The van der Waals surface area contributed by atoms with E-state index in [1.165, 1.54) is 12.1 Å².